The molecular weight excluding hydrogens is 859 g/mol. The monoisotopic (exact) mass is 974 g/mol. The smallest absolute Gasteiger partial charge is 0.324 e. The molecule has 3 amide bonds. The lowest BCUT2D eigenvalue weighted by Gasteiger charge is -2.26. The van der Waals surface area contributed by atoms with Crippen molar-refractivity contribution < 1.29 is 28.7 Å². The van der Waals surface area contributed by atoms with Crippen molar-refractivity contribution in [3.8, 4) is 0 Å². The van der Waals surface area contributed by atoms with Gasteiger partial charge in [-0.1, -0.05) is 214 Å². The molecule has 1 saturated heterocycles. The lowest BCUT2D eigenvalue weighted by Crippen LogP contribution is -2.45. The zero-order valence-corrected chi connectivity index (χ0v) is 46.5. The molecule has 0 spiro atoms. The summed E-state index contributed by atoms with van der Waals surface area (Å²) in [6.07, 6.45) is 46.0. The number of rotatable bonds is 49. The fraction of sp³-hybridized carbons (Fsp3) is 0.933. The molecule has 1 fully saturated rings. The van der Waals surface area contributed by atoms with E-state index >= 15 is 0 Å². The largest absolute Gasteiger partial charge is 0.465 e. The predicted molar refractivity (Wildman–Crippen MR) is 292 cm³/mol. The van der Waals surface area contributed by atoms with Crippen molar-refractivity contribution in [2.24, 2.45) is 17.8 Å². The number of amides is 3. The van der Waals surface area contributed by atoms with Gasteiger partial charge in [0.1, 0.15) is 0 Å². The predicted octanol–water partition coefficient (Wildman–Crippen LogP) is 16.9. The van der Waals surface area contributed by atoms with Crippen LogP contribution in [0.25, 0.3) is 0 Å². The Bertz CT molecular complexity index is 1130. The van der Waals surface area contributed by atoms with Gasteiger partial charge in [0.15, 0.2) is 0 Å². The molecule has 1 aliphatic heterocycles. The van der Waals surface area contributed by atoms with Crippen LogP contribution in [-0.2, 0) is 23.9 Å². The number of esters is 2. The highest BCUT2D eigenvalue weighted by atomic mass is 16.5. The Hall–Kier alpha value is -2.16. The summed E-state index contributed by atoms with van der Waals surface area (Å²) >= 11 is 0. The zero-order chi connectivity index (χ0) is 50.3. The van der Waals surface area contributed by atoms with Gasteiger partial charge in [0.25, 0.3) is 0 Å². The number of carbonyl (C=O) groups excluding carboxylic acids is 4. The maximum Gasteiger partial charge on any atom is 0.324 e. The molecule has 2 atom stereocenters. The summed E-state index contributed by atoms with van der Waals surface area (Å²) in [7, 11) is 0. The molecular formula is C60H115N3O6. The van der Waals surface area contributed by atoms with Crippen molar-refractivity contribution in [1.82, 2.24) is 15.1 Å². The zero-order valence-electron chi connectivity index (χ0n) is 46.5. The number of likely N-dealkylation sites (tertiary alicyclic amines) is 1. The molecule has 0 bridgehead atoms. The van der Waals surface area contributed by atoms with Gasteiger partial charge in [0.05, 0.1) is 25.0 Å². The van der Waals surface area contributed by atoms with Gasteiger partial charge in [-0.25, -0.2) is 4.79 Å². The van der Waals surface area contributed by atoms with Gasteiger partial charge in [-0.15, -0.1) is 0 Å². The molecule has 0 aromatic heterocycles. The van der Waals surface area contributed by atoms with Crippen molar-refractivity contribution in [2.75, 3.05) is 45.9 Å². The standard InChI is InChI=1S/C60H115N3O6/c1-6-11-15-19-25-34-45-55(43-32-17-13-8-3)58(65)68-51-38-27-21-23-30-41-54(53-57(64)63(10-5)60(67)61-47-40-50-62-48-36-29-37-49-62)42-31-24-22-28-39-52-69-59(66)56(44-33-18-14-9-4)46-35-26-20-16-12-7-2/h54-56H,6-53H2,1-5H3,(H,61,67). The summed E-state index contributed by atoms with van der Waals surface area (Å²) < 4.78 is 11.7. The minimum Gasteiger partial charge on any atom is -0.465 e. The average Bonchev–Trinajstić information content (AvgIpc) is 3.35. The summed E-state index contributed by atoms with van der Waals surface area (Å²) in [4.78, 5) is 57.1. The van der Waals surface area contributed by atoms with Crippen LogP contribution in [0.2, 0.25) is 0 Å². The fourth-order valence-electron chi connectivity index (χ4n) is 10.4. The van der Waals surface area contributed by atoms with Gasteiger partial charge in [-0.05, 0) is 103 Å². The van der Waals surface area contributed by atoms with Crippen LogP contribution in [0.3, 0.4) is 0 Å². The maximum atomic E-state index is 13.7. The number of hydrogen-bond acceptors (Lipinski definition) is 7. The van der Waals surface area contributed by atoms with Crippen LogP contribution in [0.1, 0.15) is 298 Å². The maximum absolute atomic E-state index is 13.7. The first-order valence-corrected chi connectivity index (χ1v) is 30.4. The first-order valence-electron chi connectivity index (χ1n) is 30.4. The summed E-state index contributed by atoms with van der Waals surface area (Å²) in [5, 5.41) is 3.04. The number of ether oxygens (including phenoxy) is 2. The lowest BCUT2D eigenvalue weighted by molar-refractivity contribution is -0.150. The molecule has 0 aliphatic carbocycles. The van der Waals surface area contributed by atoms with Crippen LogP contribution >= 0.6 is 0 Å². The highest BCUT2D eigenvalue weighted by molar-refractivity contribution is 5.94. The van der Waals surface area contributed by atoms with Crippen LogP contribution in [0.15, 0.2) is 0 Å². The molecule has 0 radical (unpaired) electrons. The van der Waals surface area contributed by atoms with E-state index in [-0.39, 0.29) is 41.6 Å². The van der Waals surface area contributed by atoms with Crippen LogP contribution in [0.4, 0.5) is 4.79 Å². The number of urea groups is 1. The summed E-state index contributed by atoms with van der Waals surface area (Å²) in [5.41, 5.74) is 0. The molecule has 1 N–H and O–H groups in total. The van der Waals surface area contributed by atoms with Crippen LogP contribution in [0.5, 0.6) is 0 Å². The van der Waals surface area contributed by atoms with E-state index < -0.39 is 0 Å². The van der Waals surface area contributed by atoms with E-state index in [0.29, 0.717) is 32.7 Å². The van der Waals surface area contributed by atoms with Crippen LogP contribution in [-0.4, -0.2) is 79.6 Å². The number of hydrogen-bond donors (Lipinski definition) is 1. The molecule has 0 saturated carbocycles. The Morgan fingerprint density at radius 1 is 0.449 bits per heavy atom. The summed E-state index contributed by atoms with van der Waals surface area (Å²) in [6, 6.07) is -0.253. The van der Waals surface area contributed by atoms with Gasteiger partial charge >= 0.3 is 18.0 Å². The highest BCUT2D eigenvalue weighted by Gasteiger charge is 2.24. The highest BCUT2D eigenvalue weighted by Crippen LogP contribution is 2.25. The van der Waals surface area contributed by atoms with Gasteiger partial charge < -0.3 is 19.7 Å². The molecule has 406 valence electrons. The number of nitrogens with zero attached hydrogens (tertiary/aromatic N) is 2. The Kier molecular flexibility index (Phi) is 45.2. The Labute approximate surface area is 427 Å². The van der Waals surface area contributed by atoms with Crippen LogP contribution in [0, 0.1) is 17.8 Å². The number of piperidine rings is 1. The third kappa shape index (κ3) is 37.3. The minimum absolute atomic E-state index is 0.0268. The van der Waals surface area contributed by atoms with E-state index in [1.807, 2.05) is 6.92 Å². The van der Waals surface area contributed by atoms with E-state index in [1.165, 1.54) is 127 Å². The number of imide groups is 1. The summed E-state index contributed by atoms with van der Waals surface area (Å²) in [5.74, 6) is 0.359. The first kappa shape index (κ1) is 64.9. The van der Waals surface area contributed by atoms with Crippen molar-refractivity contribution in [3.05, 3.63) is 0 Å². The van der Waals surface area contributed by atoms with E-state index in [0.717, 1.165) is 154 Å². The van der Waals surface area contributed by atoms with Crippen LogP contribution < -0.4 is 5.32 Å². The molecule has 0 aromatic rings. The van der Waals surface area contributed by atoms with Crippen molar-refractivity contribution in [3.63, 3.8) is 0 Å². The van der Waals surface area contributed by atoms with Gasteiger partial charge in [0, 0.05) is 19.5 Å². The summed E-state index contributed by atoms with van der Waals surface area (Å²) in [6.45, 7) is 16.2. The number of unbranched alkanes of at least 4 members (excludes halogenated alkanes) is 24. The Morgan fingerprint density at radius 3 is 1.22 bits per heavy atom. The molecule has 9 nitrogen and oxygen atoms in total. The molecule has 69 heavy (non-hydrogen) atoms. The van der Waals surface area contributed by atoms with Crippen molar-refractivity contribution in [1.29, 1.82) is 0 Å². The molecule has 9 heteroatoms. The fourth-order valence-corrected chi connectivity index (χ4v) is 10.4. The van der Waals surface area contributed by atoms with E-state index in [1.54, 1.807) is 0 Å². The third-order valence-electron chi connectivity index (χ3n) is 15.0. The quantitative estimate of drug-likeness (QED) is 0.0478. The van der Waals surface area contributed by atoms with Crippen molar-refractivity contribution in [2.45, 2.75) is 298 Å². The second-order valence-corrected chi connectivity index (χ2v) is 21.3. The SMILES string of the molecule is CCCCCCCCC(CCCCCC)C(=O)OCCCCCCCC(CCCCCCCOC(=O)C(CCCCCC)CCCCCCCC)CC(=O)N(CC)C(=O)NCCCN1CCCCC1. The van der Waals surface area contributed by atoms with E-state index in [4.69, 9.17) is 9.47 Å². The van der Waals surface area contributed by atoms with E-state index in [9.17, 15) is 19.2 Å². The normalized spacial score (nSPS) is 14.3. The van der Waals surface area contributed by atoms with Crippen molar-refractivity contribution >= 4 is 23.9 Å². The average molecular weight is 975 g/mol. The second-order valence-electron chi connectivity index (χ2n) is 21.3. The molecule has 2 unspecified atom stereocenters. The van der Waals surface area contributed by atoms with Gasteiger partial charge in [-0.2, -0.15) is 0 Å². The minimum atomic E-state index is -0.253. The molecule has 0 aromatic carbocycles. The Balaban J connectivity index is 2.60. The topological polar surface area (TPSA) is 105 Å². The number of carbonyl (C=O) groups is 4. The van der Waals surface area contributed by atoms with Gasteiger partial charge in [0.2, 0.25) is 5.91 Å². The Morgan fingerprint density at radius 2 is 0.812 bits per heavy atom. The molecule has 1 aliphatic rings. The number of nitrogens with one attached hydrogen (secondary N) is 1. The van der Waals surface area contributed by atoms with E-state index in [2.05, 4.69) is 37.9 Å². The first-order chi connectivity index (χ1) is 33.8. The lowest BCUT2D eigenvalue weighted by atomic mass is 9.91. The molecule has 1 rings (SSSR count). The van der Waals surface area contributed by atoms with Gasteiger partial charge in [-0.3, -0.25) is 19.3 Å². The second kappa shape index (κ2) is 48.1. The molecule has 1 heterocycles. The third-order valence-corrected chi connectivity index (χ3v) is 15.0.